The number of aryl methyl sites for hydroxylation is 1. The molecule has 1 aromatic heterocycles. The van der Waals surface area contributed by atoms with E-state index in [0.717, 1.165) is 78.5 Å². The molecule has 0 aromatic carbocycles. The van der Waals surface area contributed by atoms with Crippen molar-refractivity contribution in [3.63, 3.8) is 0 Å². The molecule has 2 aliphatic heterocycles. The van der Waals surface area contributed by atoms with Crippen molar-refractivity contribution >= 4 is 0 Å². The van der Waals surface area contributed by atoms with Crippen LogP contribution in [0.15, 0.2) is 12.4 Å². The average Bonchev–Trinajstić information content (AvgIpc) is 2.87. The topological polar surface area (TPSA) is 42.8 Å². The summed E-state index contributed by atoms with van der Waals surface area (Å²) < 4.78 is 13.8. The van der Waals surface area contributed by atoms with Gasteiger partial charge in [-0.1, -0.05) is 6.92 Å². The van der Waals surface area contributed by atoms with Gasteiger partial charge in [-0.2, -0.15) is 0 Å². The molecule has 1 atom stereocenters. The van der Waals surface area contributed by atoms with Crippen LogP contribution in [-0.4, -0.2) is 78.0 Å². The van der Waals surface area contributed by atoms with E-state index in [0.29, 0.717) is 6.10 Å². The van der Waals surface area contributed by atoms with E-state index in [2.05, 4.69) is 32.5 Å². The highest BCUT2D eigenvalue weighted by Gasteiger charge is 2.23. The van der Waals surface area contributed by atoms with Crippen molar-refractivity contribution in [1.82, 2.24) is 19.4 Å². The molecule has 6 nitrogen and oxygen atoms in total. The zero-order valence-corrected chi connectivity index (χ0v) is 14.3. The normalized spacial score (nSPS) is 24.7. The van der Waals surface area contributed by atoms with Crippen LogP contribution in [0.25, 0.3) is 0 Å². The van der Waals surface area contributed by atoms with Crippen LogP contribution in [0.3, 0.4) is 0 Å². The lowest BCUT2D eigenvalue weighted by atomic mass is 10.2. The Balaban J connectivity index is 1.54. The molecule has 6 heteroatoms. The number of ether oxygens (including phenoxy) is 2. The molecule has 0 N–H and O–H groups in total. The Morgan fingerprint density at radius 2 is 2.04 bits per heavy atom. The van der Waals surface area contributed by atoms with Gasteiger partial charge in [-0.3, -0.25) is 9.80 Å². The molecule has 0 unspecified atom stereocenters. The number of hydrogen-bond acceptors (Lipinski definition) is 5. The summed E-state index contributed by atoms with van der Waals surface area (Å²) in [6, 6.07) is 0. The van der Waals surface area contributed by atoms with Gasteiger partial charge in [-0.15, -0.1) is 0 Å². The summed E-state index contributed by atoms with van der Waals surface area (Å²) in [5.41, 5.74) is 0. The molecule has 2 fully saturated rings. The van der Waals surface area contributed by atoms with Gasteiger partial charge in [0.25, 0.3) is 0 Å². The van der Waals surface area contributed by atoms with Crippen LogP contribution in [0.2, 0.25) is 0 Å². The van der Waals surface area contributed by atoms with Crippen molar-refractivity contribution in [2.75, 3.05) is 52.5 Å². The lowest BCUT2D eigenvalue weighted by molar-refractivity contribution is -0.0124. The molecule has 0 saturated carbocycles. The first-order valence-electron chi connectivity index (χ1n) is 8.99. The minimum atomic E-state index is 0.296. The molecule has 3 heterocycles. The monoisotopic (exact) mass is 322 g/mol. The molecule has 0 aliphatic carbocycles. The van der Waals surface area contributed by atoms with Gasteiger partial charge >= 0.3 is 0 Å². The Bertz CT molecular complexity index is 459. The van der Waals surface area contributed by atoms with Crippen LogP contribution >= 0.6 is 0 Å². The summed E-state index contributed by atoms with van der Waals surface area (Å²) in [7, 11) is 0. The number of nitrogens with zero attached hydrogens (tertiary/aromatic N) is 4. The molecule has 130 valence electrons. The van der Waals surface area contributed by atoms with Crippen molar-refractivity contribution in [3.05, 3.63) is 18.2 Å². The van der Waals surface area contributed by atoms with Gasteiger partial charge in [0.05, 0.1) is 25.9 Å². The van der Waals surface area contributed by atoms with E-state index in [-0.39, 0.29) is 0 Å². The Kier molecular flexibility index (Phi) is 6.45. The third kappa shape index (κ3) is 5.01. The number of rotatable bonds is 6. The van der Waals surface area contributed by atoms with Gasteiger partial charge < -0.3 is 14.0 Å². The summed E-state index contributed by atoms with van der Waals surface area (Å²) in [6.07, 6.45) is 6.56. The highest BCUT2D eigenvalue weighted by molar-refractivity contribution is 4.93. The second-order valence-electron chi connectivity index (χ2n) is 6.53. The summed E-state index contributed by atoms with van der Waals surface area (Å²) >= 11 is 0. The predicted molar refractivity (Wildman–Crippen MR) is 89.4 cm³/mol. The first kappa shape index (κ1) is 16.9. The number of aromatic nitrogens is 2. The molecule has 0 amide bonds. The van der Waals surface area contributed by atoms with Gasteiger partial charge in [-0.05, 0) is 12.8 Å². The van der Waals surface area contributed by atoms with Gasteiger partial charge in [0.15, 0.2) is 0 Å². The molecule has 23 heavy (non-hydrogen) atoms. The summed E-state index contributed by atoms with van der Waals surface area (Å²) in [4.78, 5) is 9.53. The highest BCUT2D eigenvalue weighted by Crippen LogP contribution is 2.12. The van der Waals surface area contributed by atoms with E-state index in [1.807, 2.05) is 6.20 Å². The molecule has 3 rings (SSSR count). The molecule has 0 radical (unpaired) electrons. The molecule has 2 aliphatic rings. The number of morpholine rings is 1. The Morgan fingerprint density at radius 1 is 1.17 bits per heavy atom. The molecule has 1 aromatic rings. The highest BCUT2D eigenvalue weighted by atomic mass is 16.5. The van der Waals surface area contributed by atoms with Crippen LogP contribution in [0, 0.1) is 0 Å². The number of hydrogen-bond donors (Lipinski definition) is 0. The Labute approximate surface area is 139 Å². The van der Waals surface area contributed by atoms with Crippen molar-refractivity contribution in [3.8, 4) is 0 Å². The Hall–Kier alpha value is -0.950. The standard InChI is InChI=1S/C17H30N4O2/c1-2-5-21-7-4-18-17(21)15-20-6-3-10-23-16(14-20)13-19-8-11-22-12-9-19/h4,7,16H,2-3,5-6,8-15H2,1H3/t16-/m0/s1. The fourth-order valence-electron chi connectivity index (χ4n) is 3.43. The van der Waals surface area contributed by atoms with Crippen LogP contribution in [-0.2, 0) is 22.6 Å². The second-order valence-corrected chi connectivity index (χ2v) is 6.53. The van der Waals surface area contributed by atoms with Crippen LogP contribution in [0.5, 0.6) is 0 Å². The fourth-order valence-corrected chi connectivity index (χ4v) is 3.43. The minimum absolute atomic E-state index is 0.296. The third-order valence-corrected chi connectivity index (χ3v) is 4.63. The lowest BCUT2D eigenvalue weighted by Gasteiger charge is -2.31. The summed E-state index contributed by atoms with van der Waals surface area (Å²) in [5, 5.41) is 0. The fraction of sp³-hybridized carbons (Fsp3) is 0.824. The summed E-state index contributed by atoms with van der Waals surface area (Å²) in [6.45, 7) is 11.9. The van der Waals surface area contributed by atoms with Gasteiger partial charge in [0.2, 0.25) is 0 Å². The third-order valence-electron chi connectivity index (χ3n) is 4.63. The van der Waals surface area contributed by atoms with Crippen molar-refractivity contribution in [2.24, 2.45) is 0 Å². The van der Waals surface area contributed by atoms with Crippen molar-refractivity contribution in [1.29, 1.82) is 0 Å². The molecule has 0 bridgehead atoms. The molecular formula is C17H30N4O2. The predicted octanol–water partition coefficient (Wildman–Crippen LogP) is 1.22. The Morgan fingerprint density at radius 3 is 2.87 bits per heavy atom. The maximum absolute atomic E-state index is 6.08. The average molecular weight is 322 g/mol. The molecular weight excluding hydrogens is 292 g/mol. The summed E-state index contributed by atoms with van der Waals surface area (Å²) in [5.74, 6) is 1.18. The first-order chi connectivity index (χ1) is 11.3. The van der Waals surface area contributed by atoms with Crippen LogP contribution in [0.4, 0.5) is 0 Å². The largest absolute Gasteiger partial charge is 0.379 e. The second kappa shape index (κ2) is 8.78. The first-order valence-corrected chi connectivity index (χ1v) is 8.99. The zero-order valence-electron chi connectivity index (χ0n) is 14.3. The van der Waals surface area contributed by atoms with E-state index in [9.17, 15) is 0 Å². The van der Waals surface area contributed by atoms with E-state index in [1.54, 1.807) is 0 Å². The number of imidazole rings is 1. The van der Waals surface area contributed by atoms with Crippen LogP contribution < -0.4 is 0 Å². The maximum Gasteiger partial charge on any atom is 0.122 e. The molecule has 2 saturated heterocycles. The van der Waals surface area contributed by atoms with E-state index in [1.165, 1.54) is 5.82 Å². The smallest absolute Gasteiger partial charge is 0.122 e. The van der Waals surface area contributed by atoms with E-state index >= 15 is 0 Å². The van der Waals surface area contributed by atoms with Crippen molar-refractivity contribution < 1.29 is 9.47 Å². The minimum Gasteiger partial charge on any atom is -0.379 e. The zero-order chi connectivity index (χ0) is 15.9. The molecule has 0 spiro atoms. The van der Waals surface area contributed by atoms with Gasteiger partial charge in [0.1, 0.15) is 5.82 Å². The lowest BCUT2D eigenvalue weighted by Crippen LogP contribution is -2.44. The SMILES string of the molecule is CCCn1ccnc1CN1CCCO[C@@H](CN2CCOCC2)C1. The van der Waals surface area contributed by atoms with E-state index in [4.69, 9.17) is 9.47 Å². The van der Waals surface area contributed by atoms with E-state index < -0.39 is 0 Å². The van der Waals surface area contributed by atoms with Gasteiger partial charge in [-0.25, -0.2) is 4.98 Å². The van der Waals surface area contributed by atoms with Gasteiger partial charge in [0, 0.05) is 58.3 Å². The quantitative estimate of drug-likeness (QED) is 0.788. The van der Waals surface area contributed by atoms with Crippen LogP contribution in [0.1, 0.15) is 25.6 Å². The van der Waals surface area contributed by atoms with Crippen molar-refractivity contribution in [2.45, 2.75) is 39.0 Å². The maximum atomic E-state index is 6.08.